The van der Waals surface area contributed by atoms with Crippen molar-refractivity contribution in [1.29, 1.82) is 0 Å². The number of nitrogens with zero attached hydrogens (tertiary/aromatic N) is 2. The molecule has 0 aliphatic rings. The number of hydrogen-bond donors (Lipinski definition) is 2. The van der Waals surface area contributed by atoms with Crippen molar-refractivity contribution < 1.29 is 19.2 Å². The lowest BCUT2D eigenvalue weighted by Gasteiger charge is -2.16. The lowest BCUT2D eigenvalue weighted by Crippen LogP contribution is -3.08. The largest absolute Gasteiger partial charge is 0.497 e. The van der Waals surface area contributed by atoms with Crippen molar-refractivity contribution in [3.8, 4) is 11.5 Å². The fraction of sp³-hybridized carbons (Fsp3) is 0.444. The number of rotatable bonds is 7. The number of carbonyl (C=O) groups excluding carboxylic acids is 1. The van der Waals surface area contributed by atoms with Crippen molar-refractivity contribution in [3.05, 3.63) is 35.2 Å². The Morgan fingerprint density at radius 2 is 2.00 bits per heavy atom. The first kappa shape index (κ1) is 18.8. The zero-order valence-corrected chi connectivity index (χ0v) is 15.8. The number of likely N-dealkylation sites (N-methyl/N-ethyl adjacent to an activating group) is 1. The number of nitrogens with one attached hydrogen (secondary N) is 2. The van der Waals surface area contributed by atoms with E-state index >= 15 is 0 Å². The van der Waals surface area contributed by atoms with Gasteiger partial charge in [0.25, 0.3) is 5.91 Å². The molecule has 25 heavy (non-hydrogen) atoms. The Balaban J connectivity index is 2.00. The Hall–Kier alpha value is -2.54. The minimum atomic E-state index is -0.0378. The molecule has 1 aromatic heterocycles. The number of aromatic nitrogens is 2. The molecule has 136 valence electrons. The van der Waals surface area contributed by atoms with Gasteiger partial charge in [0, 0.05) is 18.7 Å². The number of quaternary nitrogens is 1. The molecule has 0 spiro atoms. The highest BCUT2D eigenvalue weighted by Gasteiger charge is 2.17. The maximum atomic E-state index is 12.4. The average molecular weight is 347 g/mol. The van der Waals surface area contributed by atoms with E-state index in [1.165, 1.54) is 0 Å². The predicted molar refractivity (Wildman–Crippen MR) is 96.3 cm³/mol. The maximum Gasteiger partial charge on any atom is 0.279 e. The van der Waals surface area contributed by atoms with Crippen molar-refractivity contribution in [2.24, 2.45) is 7.05 Å². The number of benzene rings is 1. The first-order valence-corrected chi connectivity index (χ1v) is 8.18. The molecule has 2 rings (SSSR count). The molecule has 0 aliphatic carbocycles. The molecule has 1 amide bonds. The van der Waals surface area contributed by atoms with Crippen molar-refractivity contribution >= 4 is 11.6 Å². The molecular formula is C18H27N4O3+. The van der Waals surface area contributed by atoms with Gasteiger partial charge in [0.15, 0.2) is 6.54 Å². The summed E-state index contributed by atoms with van der Waals surface area (Å²) >= 11 is 0. The summed E-state index contributed by atoms with van der Waals surface area (Å²) in [6.45, 7) is 4.85. The Labute approximate surface area is 148 Å². The van der Waals surface area contributed by atoms with Gasteiger partial charge in [0.1, 0.15) is 18.0 Å². The third-order valence-corrected chi connectivity index (χ3v) is 4.22. The molecular weight excluding hydrogens is 320 g/mol. The summed E-state index contributed by atoms with van der Waals surface area (Å²) in [5.41, 5.74) is 3.59. The SMILES string of the molecule is COc1ccc(C[NH+](C)CC(=O)Nc2c(C)nn(C)c2C)c(OC)c1. The van der Waals surface area contributed by atoms with Crippen molar-refractivity contribution in [2.45, 2.75) is 20.4 Å². The molecule has 0 saturated heterocycles. The lowest BCUT2D eigenvalue weighted by atomic mass is 10.2. The van der Waals surface area contributed by atoms with Crippen LogP contribution < -0.4 is 19.7 Å². The highest BCUT2D eigenvalue weighted by Crippen LogP contribution is 2.23. The third-order valence-electron chi connectivity index (χ3n) is 4.22. The number of methoxy groups -OCH3 is 2. The predicted octanol–water partition coefficient (Wildman–Crippen LogP) is 0.708. The van der Waals surface area contributed by atoms with Crippen LogP contribution in [0.25, 0.3) is 0 Å². The third kappa shape index (κ3) is 4.51. The van der Waals surface area contributed by atoms with Crippen LogP contribution in [0.1, 0.15) is 17.0 Å². The van der Waals surface area contributed by atoms with Gasteiger partial charge in [-0.25, -0.2) is 0 Å². The van der Waals surface area contributed by atoms with Crippen LogP contribution in [0, 0.1) is 13.8 Å². The summed E-state index contributed by atoms with van der Waals surface area (Å²) < 4.78 is 12.4. The molecule has 2 N–H and O–H groups in total. The summed E-state index contributed by atoms with van der Waals surface area (Å²) in [4.78, 5) is 13.4. The molecule has 7 nitrogen and oxygen atoms in total. The maximum absolute atomic E-state index is 12.4. The summed E-state index contributed by atoms with van der Waals surface area (Å²) in [6.07, 6.45) is 0. The first-order chi connectivity index (χ1) is 11.8. The van der Waals surface area contributed by atoms with Gasteiger partial charge in [-0.05, 0) is 26.0 Å². The monoisotopic (exact) mass is 347 g/mol. The molecule has 7 heteroatoms. The molecule has 2 aromatic rings. The molecule has 1 unspecified atom stereocenters. The van der Waals surface area contributed by atoms with Gasteiger partial charge in [-0.1, -0.05) is 0 Å². The highest BCUT2D eigenvalue weighted by molar-refractivity contribution is 5.92. The van der Waals surface area contributed by atoms with Crippen LogP contribution in [0.2, 0.25) is 0 Å². The molecule has 0 saturated carbocycles. The van der Waals surface area contributed by atoms with E-state index in [0.717, 1.165) is 39.0 Å². The molecule has 1 heterocycles. The van der Waals surface area contributed by atoms with Gasteiger partial charge >= 0.3 is 0 Å². The van der Waals surface area contributed by atoms with Crippen LogP contribution in [0.3, 0.4) is 0 Å². The fourth-order valence-electron chi connectivity index (χ4n) is 2.80. The van der Waals surface area contributed by atoms with Crippen LogP contribution >= 0.6 is 0 Å². The van der Waals surface area contributed by atoms with Crippen LogP contribution in [0.5, 0.6) is 11.5 Å². The van der Waals surface area contributed by atoms with E-state index in [9.17, 15) is 4.79 Å². The quantitative estimate of drug-likeness (QED) is 0.774. The van der Waals surface area contributed by atoms with Crippen LogP contribution in [-0.4, -0.2) is 43.5 Å². The molecule has 1 atom stereocenters. The summed E-state index contributed by atoms with van der Waals surface area (Å²) in [5, 5.41) is 7.28. The highest BCUT2D eigenvalue weighted by atomic mass is 16.5. The van der Waals surface area contributed by atoms with Crippen LogP contribution in [0.4, 0.5) is 5.69 Å². The van der Waals surface area contributed by atoms with Crippen LogP contribution in [-0.2, 0) is 18.4 Å². The Bertz CT molecular complexity index is 755. The van der Waals surface area contributed by atoms with Gasteiger partial charge in [-0.3, -0.25) is 9.48 Å². The first-order valence-electron chi connectivity index (χ1n) is 8.18. The number of hydrogen-bond acceptors (Lipinski definition) is 4. The van der Waals surface area contributed by atoms with Crippen LogP contribution in [0.15, 0.2) is 18.2 Å². The lowest BCUT2D eigenvalue weighted by molar-refractivity contribution is -0.885. The van der Waals surface area contributed by atoms with Gasteiger partial charge < -0.3 is 19.7 Å². The van der Waals surface area contributed by atoms with Crippen molar-refractivity contribution in [2.75, 3.05) is 33.1 Å². The Kier molecular flexibility index (Phi) is 6.03. The second-order valence-electron chi connectivity index (χ2n) is 6.21. The number of amides is 1. The normalized spacial score (nSPS) is 11.9. The molecule has 0 fully saturated rings. The zero-order valence-electron chi connectivity index (χ0n) is 15.8. The smallest absolute Gasteiger partial charge is 0.279 e. The second kappa shape index (κ2) is 8.02. The Morgan fingerprint density at radius 3 is 2.56 bits per heavy atom. The average Bonchev–Trinajstić information content (AvgIpc) is 2.81. The van der Waals surface area contributed by atoms with Crippen molar-refractivity contribution in [1.82, 2.24) is 9.78 Å². The molecule has 1 aromatic carbocycles. The van der Waals surface area contributed by atoms with Gasteiger partial charge in [0.2, 0.25) is 0 Å². The van der Waals surface area contributed by atoms with E-state index in [4.69, 9.17) is 9.47 Å². The van der Waals surface area contributed by atoms with Gasteiger partial charge in [-0.15, -0.1) is 0 Å². The van der Waals surface area contributed by atoms with E-state index in [0.29, 0.717) is 13.1 Å². The standard InChI is InChI=1S/C18H26N4O3/c1-12-18(13(2)22(4)20-12)19-17(23)11-21(3)10-14-7-8-15(24-5)9-16(14)25-6/h7-9H,10-11H2,1-6H3,(H,19,23)/p+1. The summed E-state index contributed by atoms with van der Waals surface area (Å²) in [7, 11) is 7.10. The number of anilines is 1. The van der Waals surface area contributed by atoms with E-state index in [1.54, 1.807) is 18.9 Å². The van der Waals surface area contributed by atoms with Gasteiger partial charge in [0.05, 0.1) is 38.3 Å². The second-order valence-corrected chi connectivity index (χ2v) is 6.21. The number of ether oxygens (including phenoxy) is 2. The Morgan fingerprint density at radius 1 is 1.28 bits per heavy atom. The van der Waals surface area contributed by atoms with E-state index in [1.807, 2.05) is 46.1 Å². The van der Waals surface area contributed by atoms with E-state index < -0.39 is 0 Å². The van der Waals surface area contributed by atoms with E-state index in [-0.39, 0.29) is 5.91 Å². The zero-order chi connectivity index (χ0) is 18.6. The topological polar surface area (TPSA) is 69.8 Å². The molecule has 0 radical (unpaired) electrons. The number of aryl methyl sites for hydroxylation is 2. The molecule has 0 aliphatic heterocycles. The minimum absolute atomic E-state index is 0.0378. The van der Waals surface area contributed by atoms with Crippen molar-refractivity contribution in [3.63, 3.8) is 0 Å². The fourth-order valence-corrected chi connectivity index (χ4v) is 2.80. The number of carbonyl (C=O) groups is 1. The summed E-state index contributed by atoms with van der Waals surface area (Å²) in [5.74, 6) is 1.47. The minimum Gasteiger partial charge on any atom is -0.497 e. The summed E-state index contributed by atoms with van der Waals surface area (Å²) in [6, 6.07) is 5.72. The van der Waals surface area contributed by atoms with E-state index in [2.05, 4.69) is 10.4 Å². The van der Waals surface area contributed by atoms with Gasteiger partial charge in [-0.2, -0.15) is 5.10 Å². The molecule has 0 bridgehead atoms.